The maximum Gasteiger partial charge on any atom is 0.421 e. The summed E-state index contributed by atoms with van der Waals surface area (Å²) in [5.74, 6) is -0.826. The Kier molecular flexibility index (Phi) is 2.40. The van der Waals surface area contributed by atoms with Crippen molar-refractivity contribution in [2.45, 2.75) is 19.0 Å². The maximum absolute atomic E-state index is 12.0. The van der Waals surface area contributed by atoms with E-state index < -0.39 is 17.5 Å². The Morgan fingerprint density at radius 3 is 2.67 bits per heavy atom. The normalized spacial score (nSPS) is 19.6. The lowest BCUT2D eigenvalue weighted by Gasteiger charge is -2.07. The first kappa shape index (κ1) is 9.09. The molecule has 0 saturated heterocycles. The summed E-state index contributed by atoms with van der Waals surface area (Å²) in [6.07, 6.45) is -3.34. The molecule has 0 aromatic carbocycles. The molecule has 1 aliphatic heterocycles. The summed E-state index contributed by atoms with van der Waals surface area (Å²) < 4.78 is 36.1. The number of ketones is 1. The van der Waals surface area contributed by atoms with Gasteiger partial charge in [-0.15, -0.1) is 0 Å². The standard InChI is InChI=1S/C7H8F3NO/c8-7(9,10)5-4-11-3-1-2-6(5)12/h4,11H,1-3H2. The van der Waals surface area contributed by atoms with E-state index in [-0.39, 0.29) is 6.42 Å². The third-order valence-corrected chi connectivity index (χ3v) is 1.58. The van der Waals surface area contributed by atoms with Crippen LogP contribution in [0.2, 0.25) is 0 Å². The summed E-state index contributed by atoms with van der Waals surface area (Å²) in [5.41, 5.74) is -1.07. The fourth-order valence-corrected chi connectivity index (χ4v) is 0.980. The lowest BCUT2D eigenvalue weighted by atomic mass is 10.1. The number of carbonyl (C=O) groups excluding carboxylic acids is 1. The van der Waals surface area contributed by atoms with E-state index in [1.165, 1.54) is 0 Å². The predicted octanol–water partition coefficient (Wildman–Crippen LogP) is 1.39. The molecule has 1 rings (SSSR count). The first-order valence-corrected chi connectivity index (χ1v) is 3.56. The van der Waals surface area contributed by atoms with Gasteiger partial charge in [-0.25, -0.2) is 0 Å². The summed E-state index contributed by atoms with van der Waals surface area (Å²) in [4.78, 5) is 10.8. The Hall–Kier alpha value is -1.00. The van der Waals surface area contributed by atoms with Crippen LogP contribution in [0.1, 0.15) is 12.8 Å². The molecule has 0 unspecified atom stereocenters. The summed E-state index contributed by atoms with van der Waals surface area (Å²) in [6.45, 7) is 0.422. The second kappa shape index (κ2) is 3.16. The molecule has 1 aliphatic rings. The van der Waals surface area contributed by atoms with Gasteiger partial charge in [0.2, 0.25) is 0 Å². The minimum absolute atomic E-state index is 0.0294. The fraction of sp³-hybridized carbons (Fsp3) is 0.571. The Bertz CT molecular complexity index is 219. The van der Waals surface area contributed by atoms with Gasteiger partial charge in [0.15, 0.2) is 5.78 Å². The first-order valence-electron chi connectivity index (χ1n) is 3.56. The van der Waals surface area contributed by atoms with Crippen LogP contribution in [-0.4, -0.2) is 18.5 Å². The highest BCUT2D eigenvalue weighted by Gasteiger charge is 2.38. The molecule has 5 heteroatoms. The number of allylic oxidation sites excluding steroid dienone is 1. The average molecular weight is 179 g/mol. The molecule has 12 heavy (non-hydrogen) atoms. The number of nitrogens with one attached hydrogen (secondary N) is 1. The predicted molar refractivity (Wildman–Crippen MR) is 36.4 cm³/mol. The van der Waals surface area contributed by atoms with Crippen molar-refractivity contribution in [2.24, 2.45) is 0 Å². The van der Waals surface area contributed by atoms with E-state index in [2.05, 4.69) is 5.32 Å². The van der Waals surface area contributed by atoms with E-state index in [9.17, 15) is 18.0 Å². The highest BCUT2D eigenvalue weighted by Crippen LogP contribution is 2.27. The van der Waals surface area contributed by atoms with E-state index >= 15 is 0 Å². The molecule has 0 fully saturated rings. The van der Waals surface area contributed by atoms with Crippen molar-refractivity contribution in [3.63, 3.8) is 0 Å². The van der Waals surface area contributed by atoms with Crippen molar-refractivity contribution in [1.82, 2.24) is 5.32 Å². The van der Waals surface area contributed by atoms with E-state index in [0.29, 0.717) is 13.0 Å². The van der Waals surface area contributed by atoms with Crippen molar-refractivity contribution < 1.29 is 18.0 Å². The van der Waals surface area contributed by atoms with E-state index in [1.807, 2.05) is 0 Å². The Balaban J connectivity index is 2.84. The van der Waals surface area contributed by atoms with Crippen LogP contribution in [0.5, 0.6) is 0 Å². The lowest BCUT2D eigenvalue weighted by Crippen LogP contribution is -2.20. The molecule has 0 bridgehead atoms. The Morgan fingerprint density at radius 1 is 1.42 bits per heavy atom. The topological polar surface area (TPSA) is 29.1 Å². The molecule has 0 spiro atoms. The van der Waals surface area contributed by atoms with Crippen LogP contribution in [0.3, 0.4) is 0 Å². The van der Waals surface area contributed by atoms with Crippen molar-refractivity contribution in [3.05, 3.63) is 11.8 Å². The molecule has 0 atom stereocenters. The monoisotopic (exact) mass is 179 g/mol. The van der Waals surface area contributed by atoms with E-state index in [1.54, 1.807) is 0 Å². The average Bonchev–Trinajstić information content (AvgIpc) is 2.11. The summed E-state index contributed by atoms with van der Waals surface area (Å²) in [7, 11) is 0. The second-order valence-corrected chi connectivity index (χ2v) is 2.54. The van der Waals surface area contributed by atoms with E-state index in [4.69, 9.17) is 0 Å². The molecule has 1 heterocycles. The van der Waals surface area contributed by atoms with Crippen LogP contribution >= 0.6 is 0 Å². The third kappa shape index (κ3) is 1.99. The molecule has 68 valence electrons. The minimum atomic E-state index is -4.52. The van der Waals surface area contributed by atoms with Crippen molar-refractivity contribution in [2.75, 3.05) is 6.54 Å². The van der Waals surface area contributed by atoms with Crippen LogP contribution in [0.15, 0.2) is 11.8 Å². The molecule has 2 nitrogen and oxygen atoms in total. The Labute approximate surface area is 67.4 Å². The van der Waals surface area contributed by atoms with Crippen LogP contribution in [0, 0.1) is 0 Å². The van der Waals surface area contributed by atoms with Crippen LogP contribution in [0.4, 0.5) is 13.2 Å². The van der Waals surface area contributed by atoms with Crippen molar-refractivity contribution in [1.29, 1.82) is 0 Å². The smallest absolute Gasteiger partial charge is 0.390 e. The number of hydrogen-bond donors (Lipinski definition) is 1. The van der Waals surface area contributed by atoms with Gasteiger partial charge < -0.3 is 5.32 Å². The SMILES string of the molecule is O=C1CCCNC=C1C(F)(F)F. The molecule has 0 radical (unpaired) electrons. The van der Waals surface area contributed by atoms with Gasteiger partial charge in [-0.05, 0) is 6.42 Å². The molecule has 0 aromatic heterocycles. The van der Waals surface area contributed by atoms with Gasteiger partial charge in [0.1, 0.15) is 5.57 Å². The third-order valence-electron chi connectivity index (χ3n) is 1.58. The molecule has 0 saturated carbocycles. The zero-order valence-electron chi connectivity index (χ0n) is 6.24. The molecular weight excluding hydrogens is 171 g/mol. The van der Waals surface area contributed by atoms with Crippen LogP contribution in [0.25, 0.3) is 0 Å². The molecule has 0 aromatic rings. The van der Waals surface area contributed by atoms with Gasteiger partial charge >= 0.3 is 6.18 Å². The van der Waals surface area contributed by atoms with Crippen LogP contribution < -0.4 is 5.32 Å². The molecule has 1 N–H and O–H groups in total. The van der Waals surface area contributed by atoms with Crippen molar-refractivity contribution in [3.8, 4) is 0 Å². The van der Waals surface area contributed by atoms with Gasteiger partial charge in [-0.3, -0.25) is 4.79 Å². The number of hydrogen-bond acceptors (Lipinski definition) is 2. The minimum Gasteiger partial charge on any atom is -0.390 e. The van der Waals surface area contributed by atoms with Crippen molar-refractivity contribution >= 4 is 5.78 Å². The van der Waals surface area contributed by atoms with E-state index in [0.717, 1.165) is 6.20 Å². The van der Waals surface area contributed by atoms with Gasteiger partial charge in [0.25, 0.3) is 0 Å². The largest absolute Gasteiger partial charge is 0.421 e. The maximum atomic E-state index is 12.0. The fourth-order valence-electron chi connectivity index (χ4n) is 0.980. The number of Topliss-reactive ketones (excluding diaryl/α,β-unsaturated/α-hetero) is 1. The highest BCUT2D eigenvalue weighted by atomic mass is 19.4. The summed E-state index contributed by atoms with van der Waals surface area (Å²) in [6, 6.07) is 0. The van der Waals surface area contributed by atoms with Crippen LogP contribution in [-0.2, 0) is 4.79 Å². The first-order chi connectivity index (χ1) is 5.52. The zero-order chi connectivity index (χ0) is 9.19. The highest BCUT2D eigenvalue weighted by molar-refractivity contribution is 5.96. The van der Waals surface area contributed by atoms with Gasteiger partial charge in [0, 0.05) is 19.2 Å². The number of rotatable bonds is 0. The molecular formula is C7H8F3NO. The Morgan fingerprint density at radius 2 is 2.08 bits per heavy atom. The molecule has 0 aliphatic carbocycles. The quantitative estimate of drug-likeness (QED) is 0.608. The molecule has 0 amide bonds. The second-order valence-electron chi connectivity index (χ2n) is 2.54. The zero-order valence-corrected chi connectivity index (χ0v) is 6.24. The van der Waals surface area contributed by atoms with Gasteiger partial charge in [-0.2, -0.15) is 13.2 Å². The number of carbonyl (C=O) groups is 1. The lowest BCUT2D eigenvalue weighted by molar-refractivity contribution is -0.128. The van der Waals surface area contributed by atoms with Gasteiger partial charge in [-0.1, -0.05) is 0 Å². The number of alkyl halides is 3. The van der Waals surface area contributed by atoms with Gasteiger partial charge in [0.05, 0.1) is 0 Å². The summed E-state index contributed by atoms with van der Waals surface area (Å²) >= 11 is 0. The summed E-state index contributed by atoms with van der Waals surface area (Å²) in [5, 5.41) is 2.43. The number of halogens is 3.